The molecular weight excluding hydrogens is 400 g/mol. The van der Waals surface area contributed by atoms with E-state index in [-0.39, 0.29) is 13.0 Å². The number of benzene rings is 2. The Bertz CT molecular complexity index is 829. The SMILES string of the molecule is O=C(N[C@@H](CO)C(=O)N[C@H](Cc1ccc(Cl)cc1)C(=O)O)OCc1ccccc1. The predicted molar refractivity (Wildman–Crippen MR) is 105 cm³/mol. The molecule has 0 heterocycles. The van der Waals surface area contributed by atoms with Crippen LogP contribution in [-0.2, 0) is 27.4 Å². The van der Waals surface area contributed by atoms with E-state index in [0.29, 0.717) is 10.6 Å². The Kier molecular flexibility index (Phi) is 8.45. The molecule has 0 aliphatic rings. The van der Waals surface area contributed by atoms with E-state index >= 15 is 0 Å². The highest BCUT2D eigenvalue weighted by Crippen LogP contribution is 2.11. The Balaban J connectivity index is 1.91. The lowest BCUT2D eigenvalue weighted by molar-refractivity contribution is -0.142. The highest BCUT2D eigenvalue weighted by molar-refractivity contribution is 6.30. The lowest BCUT2D eigenvalue weighted by atomic mass is 10.1. The average Bonchev–Trinajstić information content (AvgIpc) is 2.72. The fourth-order valence-electron chi connectivity index (χ4n) is 2.43. The molecule has 2 atom stereocenters. The van der Waals surface area contributed by atoms with Crippen molar-refractivity contribution in [2.75, 3.05) is 6.61 Å². The van der Waals surface area contributed by atoms with Gasteiger partial charge in [-0.15, -0.1) is 0 Å². The molecule has 0 aromatic heterocycles. The van der Waals surface area contributed by atoms with Crippen molar-refractivity contribution in [3.8, 4) is 0 Å². The molecule has 0 fully saturated rings. The zero-order valence-electron chi connectivity index (χ0n) is 15.4. The summed E-state index contributed by atoms with van der Waals surface area (Å²) in [6, 6.07) is 12.8. The van der Waals surface area contributed by atoms with Gasteiger partial charge in [-0.05, 0) is 23.3 Å². The number of carbonyl (C=O) groups excluding carboxylic acids is 2. The number of carboxylic acids is 1. The summed E-state index contributed by atoms with van der Waals surface area (Å²) in [5, 5.41) is 23.8. The fourth-order valence-corrected chi connectivity index (χ4v) is 2.56. The van der Waals surface area contributed by atoms with E-state index < -0.39 is 36.7 Å². The number of carbonyl (C=O) groups is 3. The molecule has 0 aliphatic heterocycles. The van der Waals surface area contributed by atoms with Crippen LogP contribution in [0.1, 0.15) is 11.1 Å². The molecule has 0 radical (unpaired) electrons. The first-order chi connectivity index (χ1) is 13.9. The Hall–Kier alpha value is -3.10. The molecular formula is C20H21ClN2O6. The van der Waals surface area contributed by atoms with E-state index in [9.17, 15) is 24.6 Å². The Morgan fingerprint density at radius 1 is 0.931 bits per heavy atom. The number of rotatable bonds is 9. The molecule has 4 N–H and O–H groups in total. The summed E-state index contributed by atoms with van der Waals surface area (Å²) in [4.78, 5) is 35.7. The van der Waals surface area contributed by atoms with Crippen molar-refractivity contribution in [2.24, 2.45) is 0 Å². The van der Waals surface area contributed by atoms with Gasteiger partial charge in [0.1, 0.15) is 18.7 Å². The molecule has 0 bridgehead atoms. The molecule has 2 amide bonds. The van der Waals surface area contributed by atoms with Crippen molar-refractivity contribution in [2.45, 2.75) is 25.1 Å². The number of carboxylic acid groups (broad SMARTS) is 1. The third-order valence-corrected chi connectivity index (χ3v) is 4.22. The van der Waals surface area contributed by atoms with Crippen LogP contribution < -0.4 is 10.6 Å². The van der Waals surface area contributed by atoms with Crippen LogP contribution >= 0.6 is 11.6 Å². The molecule has 0 unspecified atom stereocenters. The summed E-state index contributed by atoms with van der Waals surface area (Å²) in [7, 11) is 0. The second kappa shape index (κ2) is 11.0. The maximum Gasteiger partial charge on any atom is 0.408 e. The van der Waals surface area contributed by atoms with Gasteiger partial charge >= 0.3 is 12.1 Å². The van der Waals surface area contributed by atoms with Gasteiger partial charge in [-0.2, -0.15) is 0 Å². The summed E-state index contributed by atoms with van der Waals surface area (Å²) in [5.41, 5.74) is 1.40. The van der Waals surface area contributed by atoms with E-state index in [1.807, 2.05) is 6.07 Å². The van der Waals surface area contributed by atoms with Gasteiger partial charge in [0, 0.05) is 11.4 Å². The highest BCUT2D eigenvalue weighted by atomic mass is 35.5. The lowest BCUT2D eigenvalue weighted by Gasteiger charge is -2.20. The molecule has 0 saturated heterocycles. The average molecular weight is 421 g/mol. The molecule has 2 rings (SSSR count). The summed E-state index contributed by atoms with van der Waals surface area (Å²) < 4.78 is 5.00. The van der Waals surface area contributed by atoms with Gasteiger partial charge in [0.05, 0.1) is 6.61 Å². The Morgan fingerprint density at radius 3 is 2.17 bits per heavy atom. The van der Waals surface area contributed by atoms with Gasteiger partial charge < -0.3 is 25.6 Å². The van der Waals surface area contributed by atoms with E-state index in [4.69, 9.17) is 16.3 Å². The molecule has 2 aromatic carbocycles. The Labute approximate surface area is 172 Å². The number of aliphatic carboxylic acids is 1. The zero-order chi connectivity index (χ0) is 21.2. The van der Waals surface area contributed by atoms with Crippen LogP contribution in [0, 0.1) is 0 Å². The van der Waals surface area contributed by atoms with Crippen LogP contribution in [0.15, 0.2) is 54.6 Å². The van der Waals surface area contributed by atoms with Gasteiger partial charge in [0.15, 0.2) is 0 Å². The minimum atomic E-state index is -1.36. The number of ether oxygens (including phenoxy) is 1. The molecule has 0 aliphatic carbocycles. The molecule has 9 heteroatoms. The topological polar surface area (TPSA) is 125 Å². The van der Waals surface area contributed by atoms with Crippen molar-refractivity contribution in [3.63, 3.8) is 0 Å². The summed E-state index contributed by atoms with van der Waals surface area (Å²) in [5.74, 6) is -2.10. The van der Waals surface area contributed by atoms with Gasteiger partial charge in [0.25, 0.3) is 0 Å². The molecule has 2 aromatic rings. The maximum atomic E-state index is 12.3. The van der Waals surface area contributed by atoms with Crippen molar-refractivity contribution >= 4 is 29.6 Å². The highest BCUT2D eigenvalue weighted by Gasteiger charge is 2.26. The third-order valence-electron chi connectivity index (χ3n) is 3.97. The quantitative estimate of drug-likeness (QED) is 0.489. The maximum absolute atomic E-state index is 12.3. The standard InChI is InChI=1S/C20H21ClN2O6/c21-15-8-6-13(7-9-15)10-16(19(26)27)22-18(25)17(11-24)23-20(28)29-12-14-4-2-1-3-5-14/h1-9,16-17,24H,10-12H2,(H,22,25)(H,23,28)(H,26,27)/t16-,17+/m1/s1. The predicted octanol–water partition coefficient (Wildman–Crippen LogP) is 1.74. The van der Waals surface area contributed by atoms with E-state index in [2.05, 4.69) is 10.6 Å². The number of aliphatic hydroxyl groups is 1. The van der Waals surface area contributed by atoms with Crippen molar-refractivity contribution in [1.29, 1.82) is 0 Å². The van der Waals surface area contributed by atoms with Gasteiger partial charge in [0.2, 0.25) is 5.91 Å². The number of alkyl carbamates (subject to hydrolysis) is 1. The number of nitrogens with one attached hydrogen (secondary N) is 2. The van der Waals surface area contributed by atoms with E-state index in [1.165, 1.54) is 0 Å². The van der Waals surface area contributed by atoms with Crippen molar-refractivity contribution in [1.82, 2.24) is 10.6 Å². The largest absolute Gasteiger partial charge is 0.480 e. The number of halogens is 1. The normalized spacial score (nSPS) is 12.5. The second-order valence-electron chi connectivity index (χ2n) is 6.17. The number of amides is 2. The monoisotopic (exact) mass is 420 g/mol. The van der Waals surface area contributed by atoms with Gasteiger partial charge in [-0.1, -0.05) is 54.1 Å². The van der Waals surface area contributed by atoms with Crippen LogP contribution in [0.2, 0.25) is 5.02 Å². The van der Waals surface area contributed by atoms with E-state index in [1.54, 1.807) is 48.5 Å². The first-order valence-electron chi connectivity index (χ1n) is 8.74. The smallest absolute Gasteiger partial charge is 0.408 e. The number of aliphatic hydroxyl groups excluding tert-OH is 1. The van der Waals surface area contributed by atoms with Gasteiger partial charge in [-0.25, -0.2) is 9.59 Å². The molecule has 29 heavy (non-hydrogen) atoms. The van der Waals surface area contributed by atoms with Crippen LogP contribution in [-0.4, -0.2) is 46.9 Å². The molecule has 8 nitrogen and oxygen atoms in total. The Morgan fingerprint density at radius 2 is 1.59 bits per heavy atom. The summed E-state index contributed by atoms with van der Waals surface area (Å²) in [6.07, 6.45) is -0.901. The van der Waals surface area contributed by atoms with Crippen LogP contribution in [0.3, 0.4) is 0 Å². The van der Waals surface area contributed by atoms with Crippen molar-refractivity contribution < 1.29 is 29.3 Å². The number of hydrogen-bond donors (Lipinski definition) is 4. The van der Waals surface area contributed by atoms with Gasteiger partial charge in [-0.3, -0.25) is 4.79 Å². The second-order valence-corrected chi connectivity index (χ2v) is 6.61. The van der Waals surface area contributed by atoms with Crippen LogP contribution in [0.5, 0.6) is 0 Å². The van der Waals surface area contributed by atoms with Crippen molar-refractivity contribution in [3.05, 3.63) is 70.7 Å². The first kappa shape index (κ1) is 22.2. The van der Waals surface area contributed by atoms with Crippen LogP contribution in [0.4, 0.5) is 4.79 Å². The molecule has 154 valence electrons. The van der Waals surface area contributed by atoms with E-state index in [0.717, 1.165) is 5.56 Å². The molecule has 0 saturated carbocycles. The summed E-state index contributed by atoms with van der Waals surface area (Å²) in [6.45, 7) is -0.736. The third kappa shape index (κ3) is 7.44. The number of hydrogen-bond acceptors (Lipinski definition) is 5. The lowest BCUT2D eigenvalue weighted by Crippen LogP contribution is -2.53. The zero-order valence-corrected chi connectivity index (χ0v) is 16.1. The minimum absolute atomic E-state index is 0.00877. The summed E-state index contributed by atoms with van der Waals surface area (Å²) >= 11 is 5.80. The minimum Gasteiger partial charge on any atom is -0.480 e. The fraction of sp³-hybridized carbons (Fsp3) is 0.250. The first-order valence-corrected chi connectivity index (χ1v) is 9.12. The molecule has 0 spiro atoms. The van der Waals surface area contributed by atoms with Crippen LogP contribution in [0.25, 0.3) is 0 Å².